The molecule has 2 aromatic rings. The minimum absolute atomic E-state index is 0.0362. The third kappa shape index (κ3) is 2.90. The van der Waals surface area contributed by atoms with Gasteiger partial charge in [-0.1, -0.05) is 13.8 Å². The summed E-state index contributed by atoms with van der Waals surface area (Å²) in [7, 11) is 1.81. The molecule has 0 unspecified atom stereocenters. The molecular formula is C12H16N6O2. The summed E-state index contributed by atoms with van der Waals surface area (Å²) in [4.78, 5) is 19.5. The van der Waals surface area contributed by atoms with E-state index in [9.17, 15) is 9.90 Å². The van der Waals surface area contributed by atoms with Gasteiger partial charge in [0, 0.05) is 13.0 Å². The van der Waals surface area contributed by atoms with Crippen molar-refractivity contribution in [2.75, 3.05) is 5.32 Å². The van der Waals surface area contributed by atoms with Crippen LogP contribution in [0.4, 0.5) is 5.69 Å². The summed E-state index contributed by atoms with van der Waals surface area (Å²) in [5, 5.41) is 19.9. The van der Waals surface area contributed by atoms with Gasteiger partial charge in [-0.05, 0) is 0 Å². The van der Waals surface area contributed by atoms with E-state index in [0.29, 0.717) is 23.9 Å². The number of aromatic carboxylic acids is 1. The number of hydrogen-bond acceptors (Lipinski definition) is 6. The molecule has 0 spiro atoms. The van der Waals surface area contributed by atoms with Crippen molar-refractivity contribution in [1.82, 2.24) is 24.7 Å². The quantitative estimate of drug-likeness (QED) is 0.840. The first-order valence-corrected chi connectivity index (χ1v) is 6.16. The third-order valence-corrected chi connectivity index (χ3v) is 2.77. The van der Waals surface area contributed by atoms with Gasteiger partial charge >= 0.3 is 5.97 Å². The van der Waals surface area contributed by atoms with Crippen LogP contribution in [0.1, 0.15) is 41.9 Å². The maximum atomic E-state index is 11.3. The Morgan fingerprint density at radius 2 is 2.25 bits per heavy atom. The van der Waals surface area contributed by atoms with E-state index < -0.39 is 5.97 Å². The first kappa shape index (κ1) is 13.9. The van der Waals surface area contributed by atoms with Crippen LogP contribution < -0.4 is 5.32 Å². The molecule has 0 radical (unpaired) electrons. The summed E-state index contributed by atoms with van der Waals surface area (Å²) in [5.74, 6) is 0.177. The van der Waals surface area contributed by atoms with Gasteiger partial charge in [-0.25, -0.2) is 14.8 Å². The molecule has 8 nitrogen and oxygen atoms in total. The minimum Gasteiger partial charge on any atom is -0.476 e. The summed E-state index contributed by atoms with van der Waals surface area (Å²) in [5.41, 5.74) is 0.329. The monoisotopic (exact) mass is 276 g/mol. The molecule has 2 rings (SSSR count). The Morgan fingerprint density at radius 1 is 1.50 bits per heavy atom. The van der Waals surface area contributed by atoms with Gasteiger partial charge in [-0.15, -0.1) is 10.2 Å². The molecule has 2 N–H and O–H groups in total. The van der Waals surface area contributed by atoms with Gasteiger partial charge in [0.2, 0.25) is 0 Å². The fraction of sp³-hybridized carbons (Fsp3) is 0.417. The van der Waals surface area contributed by atoms with E-state index in [4.69, 9.17) is 0 Å². The Balaban J connectivity index is 2.23. The first-order chi connectivity index (χ1) is 9.49. The van der Waals surface area contributed by atoms with E-state index >= 15 is 0 Å². The molecule has 0 aliphatic heterocycles. The van der Waals surface area contributed by atoms with Crippen molar-refractivity contribution in [1.29, 1.82) is 0 Å². The number of aryl methyl sites for hydroxylation is 1. The number of anilines is 1. The highest BCUT2D eigenvalue weighted by atomic mass is 16.4. The normalized spacial score (nSPS) is 10.8. The largest absolute Gasteiger partial charge is 0.476 e. The van der Waals surface area contributed by atoms with E-state index in [1.54, 1.807) is 10.9 Å². The summed E-state index contributed by atoms with van der Waals surface area (Å²) < 4.78 is 1.75. The molecule has 0 atom stereocenters. The predicted octanol–water partition coefficient (Wildman–Crippen LogP) is 1.04. The highest BCUT2D eigenvalue weighted by Gasteiger charge is 2.16. The molecule has 106 valence electrons. The number of carboxylic acid groups (broad SMARTS) is 1. The van der Waals surface area contributed by atoms with Crippen LogP contribution >= 0.6 is 0 Å². The predicted molar refractivity (Wildman–Crippen MR) is 71.4 cm³/mol. The number of rotatable bonds is 5. The van der Waals surface area contributed by atoms with Crippen LogP contribution in [0.25, 0.3) is 0 Å². The first-order valence-electron chi connectivity index (χ1n) is 6.16. The number of nitrogens with one attached hydrogen (secondary N) is 1. The van der Waals surface area contributed by atoms with Crippen LogP contribution in [0.3, 0.4) is 0 Å². The zero-order valence-corrected chi connectivity index (χ0v) is 11.5. The summed E-state index contributed by atoms with van der Waals surface area (Å²) in [6, 6.07) is 0. The smallest absolute Gasteiger partial charge is 0.356 e. The third-order valence-electron chi connectivity index (χ3n) is 2.77. The molecular weight excluding hydrogens is 260 g/mol. The SMILES string of the molecule is CC(C)c1ncc(NCc2nncn2C)c(C(=O)O)n1. The van der Waals surface area contributed by atoms with Crippen LogP contribution in [-0.2, 0) is 13.6 Å². The van der Waals surface area contributed by atoms with Crippen molar-refractivity contribution in [3.8, 4) is 0 Å². The number of aromatic nitrogens is 5. The minimum atomic E-state index is -1.09. The van der Waals surface area contributed by atoms with Crippen molar-refractivity contribution < 1.29 is 9.90 Å². The molecule has 0 bridgehead atoms. The van der Waals surface area contributed by atoms with Crippen molar-refractivity contribution in [2.45, 2.75) is 26.3 Å². The molecule has 0 amide bonds. The average molecular weight is 276 g/mol. The number of hydrogen-bond donors (Lipinski definition) is 2. The van der Waals surface area contributed by atoms with Crippen LogP contribution in [0.2, 0.25) is 0 Å². The maximum absolute atomic E-state index is 11.3. The molecule has 8 heteroatoms. The molecule has 0 aliphatic carbocycles. The Bertz CT molecular complexity index is 622. The molecule has 0 aromatic carbocycles. The second-order valence-electron chi connectivity index (χ2n) is 4.66. The zero-order chi connectivity index (χ0) is 14.7. The fourth-order valence-corrected chi connectivity index (χ4v) is 1.61. The van der Waals surface area contributed by atoms with E-state index in [2.05, 4.69) is 25.5 Å². The van der Waals surface area contributed by atoms with Crippen LogP contribution in [0.5, 0.6) is 0 Å². The standard InChI is InChI=1S/C12H16N6O2/c1-7(2)11-14-4-8(10(16-11)12(19)20)13-5-9-17-15-6-18(9)3/h4,6-7,13H,5H2,1-3H3,(H,19,20). The Labute approximate surface area is 115 Å². The fourth-order valence-electron chi connectivity index (χ4n) is 1.61. The van der Waals surface area contributed by atoms with E-state index in [1.165, 1.54) is 6.20 Å². The van der Waals surface area contributed by atoms with Gasteiger partial charge in [0.25, 0.3) is 0 Å². The van der Waals surface area contributed by atoms with Gasteiger partial charge in [-0.2, -0.15) is 0 Å². The molecule has 20 heavy (non-hydrogen) atoms. The summed E-state index contributed by atoms with van der Waals surface area (Å²) in [6.45, 7) is 4.17. The van der Waals surface area contributed by atoms with Crippen molar-refractivity contribution in [3.05, 3.63) is 29.9 Å². The highest BCUT2D eigenvalue weighted by molar-refractivity contribution is 5.91. The average Bonchev–Trinajstić information content (AvgIpc) is 2.81. The lowest BCUT2D eigenvalue weighted by molar-refractivity contribution is 0.0691. The molecule has 2 aromatic heterocycles. The second-order valence-corrected chi connectivity index (χ2v) is 4.66. The van der Waals surface area contributed by atoms with Gasteiger partial charge in [-0.3, -0.25) is 0 Å². The molecule has 2 heterocycles. The molecule has 0 aliphatic rings. The number of carboxylic acids is 1. The van der Waals surface area contributed by atoms with E-state index in [-0.39, 0.29) is 11.6 Å². The molecule has 0 saturated heterocycles. The lowest BCUT2D eigenvalue weighted by Crippen LogP contribution is -2.13. The molecule has 0 saturated carbocycles. The van der Waals surface area contributed by atoms with Crippen molar-refractivity contribution in [2.24, 2.45) is 7.05 Å². The van der Waals surface area contributed by atoms with Crippen molar-refractivity contribution in [3.63, 3.8) is 0 Å². The number of nitrogens with zero attached hydrogens (tertiary/aromatic N) is 5. The number of carbonyl (C=O) groups is 1. The highest BCUT2D eigenvalue weighted by Crippen LogP contribution is 2.16. The van der Waals surface area contributed by atoms with Gasteiger partial charge in [0.15, 0.2) is 11.5 Å². The van der Waals surface area contributed by atoms with Gasteiger partial charge in [0.05, 0.1) is 18.4 Å². The zero-order valence-electron chi connectivity index (χ0n) is 11.5. The Kier molecular flexibility index (Phi) is 3.92. The van der Waals surface area contributed by atoms with E-state index in [0.717, 1.165) is 0 Å². The lowest BCUT2D eigenvalue weighted by Gasteiger charge is -2.10. The molecule has 0 fully saturated rings. The lowest BCUT2D eigenvalue weighted by atomic mass is 10.2. The van der Waals surface area contributed by atoms with Crippen LogP contribution in [-0.4, -0.2) is 35.8 Å². The summed E-state index contributed by atoms with van der Waals surface area (Å²) in [6.07, 6.45) is 3.07. The van der Waals surface area contributed by atoms with Gasteiger partial charge in [0.1, 0.15) is 12.2 Å². The van der Waals surface area contributed by atoms with E-state index in [1.807, 2.05) is 20.9 Å². The Hall–Kier alpha value is -2.51. The topological polar surface area (TPSA) is 106 Å². The maximum Gasteiger partial charge on any atom is 0.356 e. The van der Waals surface area contributed by atoms with Gasteiger partial charge < -0.3 is 15.0 Å². The Morgan fingerprint density at radius 3 is 2.80 bits per heavy atom. The van der Waals surface area contributed by atoms with Crippen molar-refractivity contribution >= 4 is 11.7 Å². The van der Waals surface area contributed by atoms with Crippen LogP contribution in [0.15, 0.2) is 12.5 Å². The summed E-state index contributed by atoms with van der Waals surface area (Å²) >= 11 is 0. The second kappa shape index (κ2) is 5.64. The van der Waals surface area contributed by atoms with Crippen LogP contribution in [0, 0.1) is 0 Å².